The Morgan fingerprint density at radius 2 is 1.93 bits per heavy atom. The van der Waals surface area contributed by atoms with Crippen molar-refractivity contribution in [2.75, 3.05) is 40.6 Å². The Hall–Kier alpha value is -2.37. The number of carbonyl (C=O) groups excluding carboxylic acids is 1. The molecule has 1 saturated heterocycles. The third-order valence-corrected chi connectivity index (χ3v) is 5.38. The van der Waals surface area contributed by atoms with E-state index in [0.29, 0.717) is 44.0 Å². The highest BCUT2D eigenvalue weighted by Crippen LogP contribution is 2.30. The molecule has 1 amide bonds. The topological polar surface area (TPSA) is 134 Å². The molecule has 170 valence electrons. The molecule has 11 heteroatoms. The Morgan fingerprint density at radius 1 is 1.27 bits per heavy atom. The van der Waals surface area contributed by atoms with Gasteiger partial charge in [0.15, 0.2) is 11.5 Å². The summed E-state index contributed by atoms with van der Waals surface area (Å²) in [7, 11) is 1.77. The summed E-state index contributed by atoms with van der Waals surface area (Å²) in [5.74, 6) is 0.980. The molecule has 1 aromatic carbocycles. The van der Waals surface area contributed by atoms with Crippen LogP contribution in [0, 0.1) is 5.92 Å². The van der Waals surface area contributed by atoms with Gasteiger partial charge in [-0.1, -0.05) is 12.1 Å². The molecule has 0 saturated carbocycles. The van der Waals surface area contributed by atoms with Crippen LogP contribution >= 0.6 is 0 Å². The number of benzene rings is 1. The molecule has 1 aliphatic heterocycles. The third-order valence-electron chi connectivity index (χ3n) is 4.62. The van der Waals surface area contributed by atoms with Crippen molar-refractivity contribution in [3.05, 3.63) is 23.8 Å². The Labute approximate surface area is 177 Å². The van der Waals surface area contributed by atoms with Crippen LogP contribution < -0.4 is 19.5 Å². The second-order valence-electron chi connectivity index (χ2n) is 7.06. The number of hydrogen-bond acceptors (Lipinski definition) is 7. The van der Waals surface area contributed by atoms with E-state index in [1.165, 1.54) is 0 Å². The second kappa shape index (κ2) is 12.4. The number of ether oxygens (including phenoxy) is 2. The van der Waals surface area contributed by atoms with Gasteiger partial charge in [-0.25, -0.2) is 13.1 Å². The molecule has 1 aromatic rings. The molecule has 1 heterocycles. The van der Waals surface area contributed by atoms with Crippen molar-refractivity contribution >= 4 is 22.4 Å². The Bertz CT molecular complexity index is 801. The first-order valence-electron chi connectivity index (χ1n) is 9.36. The number of sulfonamides is 1. The molecule has 2 rings (SSSR count). The van der Waals surface area contributed by atoms with E-state index >= 15 is 0 Å². The largest absolute Gasteiger partial charge is 0.493 e. The van der Waals surface area contributed by atoms with Crippen molar-refractivity contribution < 1.29 is 32.6 Å². The van der Waals surface area contributed by atoms with Gasteiger partial charge in [-0.2, -0.15) is 0 Å². The molecular formula is C19H31N3O7S. The van der Waals surface area contributed by atoms with Gasteiger partial charge in [0, 0.05) is 31.2 Å². The highest BCUT2D eigenvalue weighted by Gasteiger charge is 2.28. The van der Waals surface area contributed by atoms with Crippen LogP contribution in [-0.2, 0) is 26.2 Å². The molecular weight excluding hydrogens is 414 g/mol. The lowest BCUT2D eigenvalue weighted by atomic mass is 10.0. The van der Waals surface area contributed by atoms with Gasteiger partial charge in [-0.05, 0) is 26.0 Å². The zero-order chi connectivity index (χ0) is 22.7. The first-order valence-corrected chi connectivity index (χ1v) is 11.3. The zero-order valence-electron chi connectivity index (χ0n) is 17.8. The average Bonchev–Trinajstić information content (AvgIpc) is 2.85. The maximum atomic E-state index is 12.7. The Morgan fingerprint density at radius 3 is 2.50 bits per heavy atom. The van der Waals surface area contributed by atoms with Gasteiger partial charge in [-0.15, -0.1) is 0 Å². The van der Waals surface area contributed by atoms with E-state index in [1.807, 2.05) is 24.1 Å². The molecule has 30 heavy (non-hydrogen) atoms. The average molecular weight is 446 g/mol. The van der Waals surface area contributed by atoms with Gasteiger partial charge in [0.05, 0.1) is 26.4 Å². The number of likely N-dealkylation sites (N-methyl/N-ethyl adjacent to an activating group) is 1. The maximum absolute atomic E-state index is 12.7. The van der Waals surface area contributed by atoms with Crippen LogP contribution in [0.3, 0.4) is 0 Å². The smallest absolute Gasteiger partial charge is 0.290 e. The van der Waals surface area contributed by atoms with E-state index in [1.54, 1.807) is 20.3 Å². The third kappa shape index (κ3) is 8.56. The van der Waals surface area contributed by atoms with Crippen LogP contribution in [0.25, 0.3) is 0 Å². The number of amides is 1. The van der Waals surface area contributed by atoms with Gasteiger partial charge in [0.1, 0.15) is 0 Å². The minimum atomic E-state index is -3.26. The fourth-order valence-corrected chi connectivity index (χ4v) is 4.24. The summed E-state index contributed by atoms with van der Waals surface area (Å²) in [5.41, 5.74) is 0.837. The lowest BCUT2D eigenvalue weighted by Crippen LogP contribution is -2.41. The monoisotopic (exact) mass is 445 g/mol. The van der Waals surface area contributed by atoms with Crippen molar-refractivity contribution in [2.45, 2.75) is 25.4 Å². The summed E-state index contributed by atoms with van der Waals surface area (Å²) in [4.78, 5) is 23.0. The van der Waals surface area contributed by atoms with Crippen molar-refractivity contribution in [1.82, 2.24) is 14.9 Å². The van der Waals surface area contributed by atoms with Crippen LogP contribution in [0.4, 0.5) is 0 Å². The van der Waals surface area contributed by atoms with E-state index in [9.17, 15) is 13.2 Å². The molecule has 3 N–H and O–H groups in total. The summed E-state index contributed by atoms with van der Waals surface area (Å²) in [6, 6.07) is 5.36. The molecule has 1 aliphatic rings. The fourth-order valence-electron chi connectivity index (χ4n) is 3.44. The molecule has 0 spiro atoms. The van der Waals surface area contributed by atoms with E-state index in [4.69, 9.17) is 19.4 Å². The summed E-state index contributed by atoms with van der Waals surface area (Å²) < 4.78 is 36.3. The lowest BCUT2D eigenvalue weighted by Gasteiger charge is -2.21. The number of rotatable bonds is 7. The minimum absolute atomic E-state index is 0.0493. The molecule has 0 aromatic heterocycles. The first-order chi connectivity index (χ1) is 14.1. The van der Waals surface area contributed by atoms with Crippen molar-refractivity contribution in [3.63, 3.8) is 0 Å². The summed E-state index contributed by atoms with van der Waals surface area (Å²) >= 11 is 0. The number of nitrogens with one attached hydrogen (secondary N) is 2. The molecule has 0 aliphatic carbocycles. The summed E-state index contributed by atoms with van der Waals surface area (Å²) in [5, 5.41) is 9.86. The van der Waals surface area contributed by atoms with Crippen LogP contribution in [0.1, 0.15) is 18.4 Å². The highest BCUT2D eigenvalue weighted by molar-refractivity contribution is 7.88. The molecule has 0 bridgehead atoms. The number of carbonyl (C=O) groups is 2. The van der Waals surface area contributed by atoms with Gasteiger partial charge in [0.2, 0.25) is 15.9 Å². The van der Waals surface area contributed by atoms with Gasteiger partial charge >= 0.3 is 0 Å². The van der Waals surface area contributed by atoms with Crippen LogP contribution in [0.2, 0.25) is 0 Å². The van der Waals surface area contributed by atoms with Crippen molar-refractivity contribution in [1.29, 1.82) is 0 Å². The number of nitrogens with zero attached hydrogens (tertiary/aromatic N) is 1. The normalized spacial score (nSPS) is 19.6. The number of hydrogen-bond donors (Lipinski definition) is 3. The molecule has 10 nitrogen and oxygen atoms in total. The van der Waals surface area contributed by atoms with Crippen LogP contribution in [0.5, 0.6) is 11.5 Å². The fraction of sp³-hybridized carbons (Fsp3) is 0.579. The van der Waals surface area contributed by atoms with E-state index < -0.39 is 10.0 Å². The predicted molar refractivity (Wildman–Crippen MR) is 112 cm³/mol. The quantitative estimate of drug-likeness (QED) is 0.510. The van der Waals surface area contributed by atoms with Crippen LogP contribution in [0.15, 0.2) is 18.2 Å². The molecule has 1 fully saturated rings. The highest BCUT2D eigenvalue weighted by atomic mass is 32.2. The Kier molecular flexibility index (Phi) is 10.6. The predicted octanol–water partition coefficient (Wildman–Crippen LogP) is 0.280. The second-order valence-corrected chi connectivity index (χ2v) is 8.84. The number of methoxy groups -OCH3 is 2. The molecule has 0 unspecified atom stereocenters. The minimum Gasteiger partial charge on any atom is -0.493 e. The van der Waals surface area contributed by atoms with Gasteiger partial charge in [0.25, 0.3) is 6.47 Å². The number of para-hydroxylation sites is 1. The summed E-state index contributed by atoms with van der Waals surface area (Å²) in [6.07, 6.45) is 2.40. The first kappa shape index (κ1) is 25.7. The SMILES string of the molecule is COc1cccc(CNC(=O)[C@@H]2CC[C@H](NS(C)(=O)=O)CN(C)C2)c1OC.O=CO. The van der Waals surface area contributed by atoms with E-state index in [2.05, 4.69) is 10.0 Å². The summed E-state index contributed by atoms with van der Waals surface area (Å²) in [6.45, 7) is 1.26. The van der Waals surface area contributed by atoms with E-state index in [0.717, 1.165) is 11.8 Å². The van der Waals surface area contributed by atoms with E-state index in [-0.39, 0.29) is 24.3 Å². The van der Waals surface area contributed by atoms with Gasteiger partial charge < -0.3 is 24.8 Å². The van der Waals surface area contributed by atoms with Gasteiger partial charge in [-0.3, -0.25) is 9.59 Å². The Balaban J connectivity index is 0.00000141. The van der Waals surface area contributed by atoms with Crippen LogP contribution in [-0.4, -0.2) is 77.5 Å². The number of carboxylic acid groups (broad SMARTS) is 1. The molecule has 2 atom stereocenters. The molecule has 0 radical (unpaired) electrons. The van der Waals surface area contributed by atoms with Crippen molar-refractivity contribution in [3.8, 4) is 11.5 Å². The standard InChI is InChI=1S/C18H29N3O5S.CH2O2/c1-21-11-14(8-9-15(12-21)20-27(4,23)24)18(22)19-10-13-6-5-7-16(25-2)17(13)26-3;2-1-3/h5-7,14-15,20H,8-12H2,1-4H3,(H,19,22);1H,(H,2,3)/t14-,15+;/m1./s1. The van der Waals surface area contributed by atoms with Crippen molar-refractivity contribution in [2.24, 2.45) is 5.92 Å². The lowest BCUT2D eigenvalue weighted by molar-refractivity contribution is -0.126. The zero-order valence-corrected chi connectivity index (χ0v) is 18.6. The number of likely N-dealkylation sites (tertiary alicyclic amines) is 1. The maximum Gasteiger partial charge on any atom is 0.290 e.